The average molecular weight is 216 g/mol. The summed E-state index contributed by atoms with van der Waals surface area (Å²) >= 11 is 0. The predicted molar refractivity (Wildman–Crippen MR) is 50.3 cm³/mol. The van der Waals surface area contributed by atoms with E-state index in [1.54, 1.807) is 4.68 Å². The third-order valence-corrected chi connectivity index (χ3v) is 3.02. The van der Waals surface area contributed by atoms with Crippen LogP contribution in [0.15, 0.2) is 11.1 Å². The molecule has 0 fully saturated rings. The zero-order chi connectivity index (χ0) is 10.2. The lowest BCUT2D eigenvalue weighted by molar-refractivity contribution is 0.296. The molecule has 1 aromatic rings. The van der Waals surface area contributed by atoms with E-state index in [0.717, 1.165) is 19.4 Å². The van der Waals surface area contributed by atoms with Crippen LogP contribution in [0.1, 0.15) is 12.8 Å². The molecule has 0 aliphatic carbocycles. The Hall–Kier alpha value is -1.08. The van der Waals surface area contributed by atoms with Crippen molar-refractivity contribution in [2.24, 2.45) is 5.14 Å². The average Bonchev–Trinajstić information content (AvgIpc) is 2.36. The number of nitrogens with zero attached hydrogens (tertiary/aromatic N) is 2. The Balaban J connectivity index is 2.50. The van der Waals surface area contributed by atoms with E-state index in [4.69, 9.17) is 14.7 Å². The molecule has 7 heteroatoms. The normalized spacial score (nSPS) is 20.4. The van der Waals surface area contributed by atoms with Crippen LogP contribution in [-0.4, -0.2) is 20.6 Å². The van der Waals surface area contributed by atoms with E-state index in [2.05, 4.69) is 5.10 Å². The third kappa shape index (κ3) is 1.60. The molecule has 1 unspecified atom stereocenters. The van der Waals surface area contributed by atoms with Crippen molar-refractivity contribution in [1.82, 2.24) is 9.78 Å². The number of hydrogen-bond donors (Lipinski definition) is 2. The SMILES string of the molecule is N=S(N)(=O)c1cnn2c1OCCCC2. The van der Waals surface area contributed by atoms with E-state index in [9.17, 15) is 4.21 Å². The minimum Gasteiger partial charge on any atom is -0.477 e. The second-order valence-corrected chi connectivity index (χ2v) is 4.83. The first-order chi connectivity index (χ1) is 6.59. The van der Waals surface area contributed by atoms with Gasteiger partial charge >= 0.3 is 0 Å². The molecule has 0 bridgehead atoms. The number of aryl methyl sites for hydroxylation is 1. The molecular formula is C7H12N4O2S. The summed E-state index contributed by atoms with van der Waals surface area (Å²) < 4.78 is 25.6. The summed E-state index contributed by atoms with van der Waals surface area (Å²) in [5, 5.41) is 9.23. The van der Waals surface area contributed by atoms with Crippen molar-refractivity contribution in [3.63, 3.8) is 0 Å². The highest BCUT2D eigenvalue weighted by molar-refractivity contribution is 7.90. The fourth-order valence-electron chi connectivity index (χ4n) is 1.40. The van der Waals surface area contributed by atoms with Gasteiger partial charge in [0.2, 0.25) is 5.88 Å². The van der Waals surface area contributed by atoms with Gasteiger partial charge in [0.25, 0.3) is 0 Å². The van der Waals surface area contributed by atoms with Gasteiger partial charge in [0.15, 0.2) is 0 Å². The lowest BCUT2D eigenvalue weighted by Gasteiger charge is -2.05. The zero-order valence-electron chi connectivity index (χ0n) is 7.60. The van der Waals surface area contributed by atoms with Crippen molar-refractivity contribution >= 4 is 9.92 Å². The van der Waals surface area contributed by atoms with Gasteiger partial charge in [0, 0.05) is 6.54 Å². The number of aromatic nitrogens is 2. The molecule has 78 valence electrons. The maximum absolute atomic E-state index is 11.3. The highest BCUT2D eigenvalue weighted by atomic mass is 32.2. The minimum atomic E-state index is -3.23. The lowest BCUT2D eigenvalue weighted by atomic mass is 10.3. The quantitative estimate of drug-likeness (QED) is 0.708. The van der Waals surface area contributed by atoms with Crippen LogP contribution < -0.4 is 9.88 Å². The monoisotopic (exact) mass is 216 g/mol. The van der Waals surface area contributed by atoms with Gasteiger partial charge < -0.3 is 4.74 Å². The van der Waals surface area contributed by atoms with Gasteiger partial charge in [0.05, 0.1) is 12.8 Å². The lowest BCUT2D eigenvalue weighted by Crippen LogP contribution is -2.12. The Morgan fingerprint density at radius 1 is 1.64 bits per heavy atom. The summed E-state index contributed by atoms with van der Waals surface area (Å²) in [5.74, 6) is 0.394. The van der Waals surface area contributed by atoms with Crippen molar-refractivity contribution in [3.05, 3.63) is 6.20 Å². The molecule has 2 rings (SSSR count). The summed E-state index contributed by atoms with van der Waals surface area (Å²) in [6.45, 7) is 1.29. The second-order valence-electron chi connectivity index (χ2n) is 3.19. The largest absolute Gasteiger partial charge is 0.477 e. The molecule has 0 aromatic carbocycles. The van der Waals surface area contributed by atoms with Gasteiger partial charge in [-0.2, -0.15) is 5.10 Å². The maximum Gasteiger partial charge on any atom is 0.230 e. The smallest absolute Gasteiger partial charge is 0.230 e. The third-order valence-electron chi connectivity index (χ3n) is 2.09. The van der Waals surface area contributed by atoms with Crippen LogP contribution in [0.2, 0.25) is 0 Å². The summed E-state index contributed by atoms with van der Waals surface area (Å²) in [5.41, 5.74) is 0. The van der Waals surface area contributed by atoms with E-state index in [0.29, 0.717) is 12.5 Å². The summed E-state index contributed by atoms with van der Waals surface area (Å²) in [4.78, 5) is 0.194. The highest BCUT2D eigenvalue weighted by Crippen LogP contribution is 2.25. The van der Waals surface area contributed by atoms with Crippen LogP contribution in [0.5, 0.6) is 5.88 Å². The molecule has 14 heavy (non-hydrogen) atoms. The van der Waals surface area contributed by atoms with Gasteiger partial charge in [-0.3, -0.25) is 0 Å². The van der Waals surface area contributed by atoms with Gasteiger partial charge in [-0.05, 0) is 12.8 Å². The van der Waals surface area contributed by atoms with Gasteiger partial charge in [-0.1, -0.05) is 0 Å². The summed E-state index contributed by atoms with van der Waals surface area (Å²) in [6.07, 6.45) is 3.26. The summed E-state index contributed by atoms with van der Waals surface area (Å²) in [6, 6.07) is 0. The first-order valence-corrected chi connectivity index (χ1v) is 5.96. The molecule has 0 saturated carbocycles. The van der Waals surface area contributed by atoms with Crippen LogP contribution in [0, 0.1) is 4.78 Å². The molecule has 1 aliphatic heterocycles. The molecule has 1 aromatic heterocycles. The van der Waals surface area contributed by atoms with Gasteiger partial charge in [-0.25, -0.2) is 18.8 Å². The fraction of sp³-hybridized carbons (Fsp3) is 0.571. The Kier molecular flexibility index (Phi) is 2.20. The number of nitrogens with two attached hydrogens (primary N) is 1. The Morgan fingerprint density at radius 3 is 3.14 bits per heavy atom. The number of rotatable bonds is 1. The molecule has 1 aliphatic rings. The first kappa shape index (κ1) is 9.47. The zero-order valence-corrected chi connectivity index (χ0v) is 8.42. The van der Waals surface area contributed by atoms with Crippen molar-refractivity contribution < 1.29 is 8.95 Å². The van der Waals surface area contributed by atoms with E-state index in [1.807, 2.05) is 0 Å². The van der Waals surface area contributed by atoms with Crippen LogP contribution in [0.4, 0.5) is 0 Å². The first-order valence-electron chi connectivity index (χ1n) is 4.34. The topological polar surface area (TPSA) is 94.0 Å². The minimum absolute atomic E-state index is 0.194. The van der Waals surface area contributed by atoms with Crippen molar-refractivity contribution in [3.8, 4) is 5.88 Å². The van der Waals surface area contributed by atoms with E-state index in [1.165, 1.54) is 6.20 Å². The molecular weight excluding hydrogens is 204 g/mol. The second kappa shape index (κ2) is 3.25. The highest BCUT2D eigenvalue weighted by Gasteiger charge is 2.20. The van der Waals surface area contributed by atoms with Crippen LogP contribution in [-0.2, 0) is 16.5 Å². The predicted octanol–water partition coefficient (Wildman–Crippen LogP) is 0.335. The van der Waals surface area contributed by atoms with E-state index in [-0.39, 0.29) is 4.90 Å². The number of hydrogen-bond acceptors (Lipinski definition) is 4. The van der Waals surface area contributed by atoms with Gasteiger partial charge in [0.1, 0.15) is 14.8 Å². The van der Waals surface area contributed by atoms with Gasteiger partial charge in [-0.15, -0.1) is 0 Å². The van der Waals surface area contributed by atoms with Crippen LogP contribution in [0.3, 0.4) is 0 Å². The molecule has 6 nitrogen and oxygen atoms in total. The van der Waals surface area contributed by atoms with Crippen molar-refractivity contribution in [1.29, 1.82) is 4.78 Å². The molecule has 0 saturated heterocycles. The maximum atomic E-state index is 11.3. The Morgan fingerprint density at radius 2 is 2.43 bits per heavy atom. The van der Waals surface area contributed by atoms with Crippen molar-refractivity contribution in [2.45, 2.75) is 24.3 Å². The molecule has 0 radical (unpaired) electrons. The Labute approximate surface area is 82.1 Å². The van der Waals surface area contributed by atoms with Crippen molar-refractivity contribution in [2.75, 3.05) is 6.61 Å². The van der Waals surface area contributed by atoms with Crippen LogP contribution in [0.25, 0.3) is 0 Å². The fourth-order valence-corrected chi connectivity index (χ4v) is 2.03. The molecule has 3 N–H and O–H groups in total. The number of nitrogens with one attached hydrogen (secondary N) is 1. The van der Waals surface area contributed by atoms with Crippen LogP contribution >= 0.6 is 0 Å². The molecule has 1 atom stereocenters. The number of fused-ring (bicyclic) bond motifs is 1. The standard InChI is InChI=1S/C7H12N4O2S/c8-14(9,12)6-5-10-11-3-1-2-4-13-7(6)11/h5H,1-4H2,(H3,8,9,12). The number of ether oxygens (including phenoxy) is 1. The molecule has 0 spiro atoms. The Bertz CT molecular complexity index is 437. The molecule has 2 heterocycles. The van der Waals surface area contributed by atoms with E-state index < -0.39 is 9.92 Å². The van der Waals surface area contributed by atoms with E-state index >= 15 is 0 Å². The molecule has 0 amide bonds. The summed E-state index contributed by atoms with van der Waals surface area (Å²) in [7, 11) is -3.23.